The summed E-state index contributed by atoms with van der Waals surface area (Å²) in [6.07, 6.45) is 0.513. The van der Waals surface area contributed by atoms with E-state index in [4.69, 9.17) is 9.47 Å². The van der Waals surface area contributed by atoms with E-state index in [2.05, 4.69) is 10.3 Å². The van der Waals surface area contributed by atoms with Crippen molar-refractivity contribution in [3.8, 4) is 11.6 Å². The highest BCUT2D eigenvalue weighted by atomic mass is 32.2. The monoisotopic (exact) mass is 501 g/mol. The SMILES string of the molecule is COc1cccc(S(=O)(=O)N2C[C@H](CO)Oc3ncc(NC(=O)[C@@H](C)c4ccc(F)cc4)cc32)c1. The molecule has 0 fully saturated rings. The first-order valence-corrected chi connectivity index (χ1v) is 12.2. The van der Waals surface area contributed by atoms with Gasteiger partial charge in [-0.25, -0.2) is 17.8 Å². The van der Waals surface area contributed by atoms with Crippen molar-refractivity contribution in [2.45, 2.75) is 23.8 Å². The van der Waals surface area contributed by atoms with E-state index in [0.717, 1.165) is 4.31 Å². The smallest absolute Gasteiger partial charge is 0.264 e. The Hall–Kier alpha value is -3.70. The van der Waals surface area contributed by atoms with Crippen molar-refractivity contribution in [3.05, 3.63) is 72.2 Å². The molecule has 184 valence electrons. The summed E-state index contributed by atoms with van der Waals surface area (Å²) in [6.45, 7) is 1.09. The Kier molecular flexibility index (Phi) is 6.90. The Morgan fingerprint density at radius 3 is 2.71 bits per heavy atom. The summed E-state index contributed by atoms with van der Waals surface area (Å²) in [5.74, 6) is -1.01. The van der Waals surface area contributed by atoms with Crippen molar-refractivity contribution in [3.63, 3.8) is 0 Å². The van der Waals surface area contributed by atoms with Crippen LogP contribution in [0.5, 0.6) is 11.6 Å². The van der Waals surface area contributed by atoms with Gasteiger partial charge in [0.2, 0.25) is 11.8 Å². The molecule has 2 heterocycles. The second-order valence-corrected chi connectivity index (χ2v) is 9.81. The second kappa shape index (κ2) is 9.88. The molecule has 1 aliphatic heterocycles. The molecule has 35 heavy (non-hydrogen) atoms. The number of amides is 1. The molecule has 1 amide bonds. The van der Waals surface area contributed by atoms with Gasteiger partial charge in [0.15, 0.2) is 0 Å². The molecule has 4 rings (SSSR count). The molecule has 1 aliphatic rings. The van der Waals surface area contributed by atoms with E-state index >= 15 is 0 Å². The number of ether oxygens (including phenoxy) is 2. The number of carbonyl (C=O) groups excluding carboxylic acids is 1. The first-order chi connectivity index (χ1) is 16.7. The third kappa shape index (κ3) is 5.05. The van der Waals surface area contributed by atoms with Crippen LogP contribution in [-0.4, -0.2) is 50.8 Å². The van der Waals surface area contributed by atoms with Crippen LogP contribution in [0.2, 0.25) is 0 Å². The summed E-state index contributed by atoms with van der Waals surface area (Å²) in [4.78, 5) is 17.0. The van der Waals surface area contributed by atoms with E-state index in [1.165, 1.54) is 55.8 Å². The topological polar surface area (TPSA) is 118 Å². The summed E-state index contributed by atoms with van der Waals surface area (Å²) in [6, 6.07) is 13.1. The lowest BCUT2D eigenvalue weighted by Crippen LogP contribution is -2.45. The lowest BCUT2D eigenvalue weighted by atomic mass is 10.0. The van der Waals surface area contributed by atoms with Gasteiger partial charge in [0, 0.05) is 6.07 Å². The number of methoxy groups -OCH3 is 1. The van der Waals surface area contributed by atoms with Crippen molar-refractivity contribution in [2.75, 3.05) is 29.9 Å². The highest BCUT2D eigenvalue weighted by molar-refractivity contribution is 7.92. The van der Waals surface area contributed by atoms with Crippen LogP contribution in [0.15, 0.2) is 65.7 Å². The number of aliphatic hydroxyl groups is 1. The molecule has 0 unspecified atom stereocenters. The molecule has 2 aromatic carbocycles. The number of aromatic nitrogens is 1. The quantitative estimate of drug-likeness (QED) is 0.511. The Labute approximate surface area is 202 Å². The molecule has 0 saturated carbocycles. The second-order valence-electron chi connectivity index (χ2n) is 7.95. The molecule has 0 aliphatic carbocycles. The number of fused-ring (bicyclic) bond motifs is 1. The maximum Gasteiger partial charge on any atom is 0.264 e. The zero-order valence-corrected chi connectivity index (χ0v) is 19.8. The van der Waals surface area contributed by atoms with Crippen molar-refractivity contribution in [1.29, 1.82) is 0 Å². The van der Waals surface area contributed by atoms with Gasteiger partial charge in [-0.05, 0) is 42.8 Å². The third-order valence-corrected chi connectivity index (χ3v) is 7.39. The molecular formula is C24H24FN3O6S. The third-order valence-electron chi connectivity index (χ3n) is 5.61. The van der Waals surface area contributed by atoms with Crippen LogP contribution >= 0.6 is 0 Å². The Morgan fingerprint density at radius 1 is 1.29 bits per heavy atom. The van der Waals surface area contributed by atoms with Crippen molar-refractivity contribution >= 4 is 27.3 Å². The Morgan fingerprint density at radius 2 is 2.03 bits per heavy atom. The molecular weight excluding hydrogens is 477 g/mol. The zero-order valence-electron chi connectivity index (χ0n) is 19.0. The molecule has 0 bridgehead atoms. The highest BCUT2D eigenvalue weighted by Crippen LogP contribution is 2.37. The normalized spacial score (nSPS) is 16.1. The Bertz CT molecular complexity index is 1330. The molecule has 1 aromatic heterocycles. The van der Waals surface area contributed by atoms with Gasteiger partial charge >= 0.3 is 0 Å². The van der Waals surface area contributed by atoms with Crippen molar-refractivity contribution in [1.82, 2.24) is 4.98 Å². The number of benzene rings is 2. The average molecular weight is 502 g/mol. The highest BCUT2D eigenvalue weighted by Gasteiger charge is 2.36. The van der Waals surface area contributed by atoms with Gasteiger partial charge < -0.3 is 19.9 Å². The molecule has 0 saturated heterocycles. The van der Waals surface area contributed by atoms with Gasteiger partial charge in [-0.15, -0.1) is 0 Å². The fourth-order valence-electron chi connectivity index (χ4n) is 3.62. The van der Waals surface area contributed by atoms with E-state index in [1.54, 1.807) is 19.1 Å². The number of nitrogens with one attached hydrogen (secondary N) is 1. The predicted octanol–water partition coefficient (Wildman–Crippen LogP) is 2.92. The number of rotatable bonds is 7. The number of halogens is 1. The first kappa shape index (κ1) is 24.4. The number of anilines is 2. The molecule has 3 aromatic rings. The number of nitrogens with zero attached hydrogens (tertiary/aromatic N) is 2. The van der Waals surface area contributed by atoms with Crippen molar-refractivity contribution < 1.29 is 32.2 Å². The van der Waals surface area contributed by atoms with Gasteiger partial charge in [-0.3, -0.25) is 9.10 Å². The van der Waals surface area contributed by atoms with E-state index < -0.39 is 34.5 Å². The number of hydrogen-bond donors (Lipinski definition) is 2. The van der Waals surface area contributed by atoms with Crippen molar-refractivity contribution in [2.24, 2.45) is 0 Å². The maximum absolute atomic E-state index is 13.5. The van der Waals surface area contributed by atoms with E-state index in [9.17, 15) is 22.7 Å². The van der Waals surface area contributed by atoms with Crippen LogP contribution in [0.1, 0.15) is 18.4 Å². The minimum atomic E-state index is -4.09. The molecule has 11 heteroatoms. The molecule has 0 spiro atoms. The average Bonchev–Trinajstić information content (AvgIpc) is 2.88. The predicted molar refractivity (Wildman–Crippen MR) is 127 cm³/mol. The fraction of sp³-hybridized carbons (Fsp3) is 0.250. The zero-order chi connectivity index (χ0) is 25.2. The molecule has 2 atom stereocenters. The lowest BCUT2D eigenvalue weighted by Gasteiger charge is -2.34. The molecule has 0 radical (unpaired) electrons. The van der Waals surface area contributed by atoms with E-state index in [0.29, 0.717) is 11.3 Å². The minimum Gasteiger partial charge on any atom is -0.497 e. The van der Waals surface area contributed by atoms with Crippen LogP contribution in [0, 0.1) is 5.82 Å². The van der Waals surface area contributed by atoms with Crippen LogP contribution < -0.4 is 19.1 Å². The van der Waals surface area contributed by atoms with Gasteiger partial charge in [-0.1, -0.05) is 18.2 Å². The molecule has 9 nitrogen and oxygen atoms in total. The summed E-state index contributed by atoms with van der Waals surface area (Å²) < 4.78 is 52.1. The summed E-state index contributed by atoms with van der Waals surface area (Å²) >= 11 is 0. The van der Waals surface area contributed by atoms with Crippen LogP contribution in [0.4, 0.5) is 15.8 Å². The van der Waals surface area contributed by atoms with Crippen LogP contribution in [0.3, 0.4) is 0 Å². The standard InChI is InChI=1S/C24H24FN3O6S/c1-15(16-6-8-17(25)9-7-16)23(30)27-18-10-22-24(26-12-18)34-20(14-29)13-28(22)35(31,32)21-5-3-4-19(11-21)33-2/h3-12,15,20,29H,13-14H2,1-2H3,(H,27,30)/t15-,20+/m0/s1. The van der Waals surface area contributed by atoms with Gasteiger partial charge in [0.25, 0.3) is 10.0 Å². The van der Waals surface area contributed by atoms with Gasteiger partial charge in [-0.2, -0.15) is 0 Å². The number of carbonyl (C=O) groups is 1. The van der Waals surface area contributed by atoms with Crippen LogP contribution in [-0.2, 0) is 14.8 Å². The number of aliphatic hydroxyl groups excluding tert-OH is 1. The summed E-state index contributed by atoms with van der Waals surface area (Å²) in [7, 11) is -2.65. The Balaban J connectivity index is 1.66. The summed E-state index contributed by atoms with van der Waals surface area (Å²) in [5.41, 5.74) is 0.982. The lowest BCUT2D eigenvalue weighted by molar-refractivity contribution is -0.117. The maximum atomic E-state index is 13.5. The van der Waals surface area contributed by atoms with Gasteiger partial charge in [0.1, 0.15) is 23.4 Å². The van der Waals surface area contributed by atoms with Gasteiger partial charge in [0.05, 0.1) is 43.0 Å². The number of pyridine rings is 1. The largest absolute Gasteiger partial charge is 0.497 e. The number of sulfonamides is 1. The summed E-state index contributed by atoms with van der Waals surface area (Å²) in [5, 5.41) is 12.4. The molecule has 2 N–H and O–H groups in total. The fourth-order valence-corrected chi connectivity index (χ4v) is 5.14. The van der Waals surface area contributed by atoms with Crippen LogP contribution in [0.25, 0.3) is 0 Å². The van der Waals surface area contributed by atoms with E-state index in [1.807, 2.05) is 0 Å². The minimum absolute atomic E-state index is 0.00588. The number of hydrogen-bond acceptors (Lipinski definition) is 7. The first-order valence-electron chi connectivity index (χ1n) is 10.7. The van der Waals surface area contributed by atoms with E-state index in [-0.39, 0.29) is 34.6 Å².